The first-order chi connectivity index (χ1) is 10.4. The maximum absolute atomic E-state index is 2.28. The molecular formula is C20H14V. The van der Waals surface area contributed by atoms with E-state index < -0.39 is 0 Å². The molecule has 21 heavy (non-hydrogen) atoms. The number of benzene rings is 4. The number of hydrogen-bond acceptors (Lipinski definition) is 0. The SMILES string of the molecule is c1ccc2[c]([V][c]3cccc4ccccc34)cccc2c1. The summed E-state index contributed by atoms with van der Waals surface area (Å²) in [5.74, 6) is 0. The fourth-order valence-corrected chi connectivity index (χ4v) is 4.66. The van der Waals surface area contributed by atoms with Gasteiger partial charge in [0.15, 0.2) is 0 Å². The molecule has 4 aromatic rings. The maximum atomic E-state index is 2.28. The van der Waals surface area contributed by atoms with E-state index >= 15 is 0 Å². The zero-order valence-corrected chi connectivity index (χ0v) is 12.9. The van der Waals surface area contributed by atoms with Gasteiger partial charge in [-0.05, 0) is 0 Å². The van der Waals surface area contributed by atoms with Gasteiger partial charge in [-0.3, -0.25) is 0 Å². The molecule has 1 heteroatoms. The molecule has 0 N–H and O–H groups in total. The van der Waals surface area contributed by atoms with Crippen molar-refractivity contribution in [2.45, 2.75) is 0 Å². The van der Waals surface area contributed by atoms with Crippen molar-refractivity contribution in [2.24, 2.45) is 0 Å². The van der Waals surface area contributed by atoms with Crippen molar-refractivity contribution in [3.63, 3.8) is 0 Å². The third kappa shape index (κ3) is 2.38. The molecule has 0 radical (unpaired) electrons. The molecule has 0 unspecified atom stereocenters. The second-order valence-corrected chi connectivity index (χ2v) is 6.96. The molecule has 4 rings (SSSR count). The van der Waals surface area contributed by atoms with E-state index in [-0.39, 0.29) is 16.3 Å². The Morgan fingerprint density at radius 3 is 1.38 bits per heavy atom. The van der Waals surface area contributed by atoms with Crippen LogP contribution in [0.15, 0.2) is 84.9 Å². The van der Waals surface area contributed by atoms with E-state index in [9.17, 15) is 0 Å². The van der Waals surface area contributed by atoms with Gasteiger partial charge in [0.1, 0.15) is 0 Å². The van der Waals surface area contributed by atoms with E-state index in [1.165, 1.54) is 30.1 Å². The van der Waals surface area contributed by atoms with Gasteiger partial charge in [0, 0.05) is 0 Å². The Bertz CT molecular complexity index is 837. The first kappa shape index (κ1) is 12.7. The minimum absolute atomic E-state index is 0.00572. The quantitative estimate of drug-likeness (QED) is 0.524. The zero-order valence-electron chi connectivity index (χ0n) is 11.5. The van der Waals surface area contributed by atoms with Gasteiger partial charge in [0.05, 0.1) is 0 Å². The third-order valence-electron chi connectivity index (χ3n) is 3.77. The van der Waals surface area contributed by atoms with Crippen molar-refractivity contribution >= 4 is 30.1 Å². The topological polar surface area (TPSA) is 0 Å². The van der Waals surface area contributed by atoms with Crippen molar-refractivity contribution in [3.05, 3.63) is 84.9 Å². The zero-order chi connectivity index (χ0) is 14.1. The van der Waals surface area contributed by atoms with Crippen molar-refractivity contribution in [1.82, 2.24) is 0 Å². The van der Waals surface area contributed by atoms with Gasteiger partial charge in [-0.1, -0.05) is 0 Å². The Balaban J connectivity index is 1.87. The summed E-state index contributed by atoms with van der Waals surface area (Å²) in [6.07, 6.45) is 0. The van der Waals surface area contributed by atoms with Gasteiger partial charge < -0.3 is 0 Å². The van der Waals surface area contributed by atoms with E-state index in [2.05, 4.69) is 84.9 Å². The molecule has 0 aliphatic heterocycles. The molecule has 0 saturated carbocycles. The molecule has 0 aliphatic carbocycles. The second kappa shape index (κ2) is 5.40. The monoisotopic (exact) mass is 305 g/mol. The number of hydrogen-bond donors (Lipinski definition) is 0. The van der Waals surface area contributed by atoms with Crippen LogP contribution in [0.5, 0.6) is 0 Å². The molecule has 0 saturated heterocycles. The van der Waals surface area contributed by atoms with Crippen LogP contribution < -0.4 is 8.55 Å². The van der Waals surface area contributed by atoms with E-state index in [0.29, 0.717) is 0 Å². The Morgan fingerprint density at radius 2 is 0.857 bits per heavy atom. The van der Waals surface area contributed by atoms with Crippen LogP contribution in [0.3, 0.4) is 0 Å². The third-order valence-corrected chi connectivity index (χ3v) is 5.74. The van der Waals surface area contributed by atoms with Gasteiger partial charge in [-0.25, -0.2) is 0 Å². The first-order valence-corrected chi connectivity index (χ1v) is 8.49. The molecule has 0 aromatic heterocycles. The average molecular weight is 305 g/mol. The van der Waals surface area contributed by atoms with E-state index in [4.69, 9.17) is 0 Å². The van der Waals surface area contributed by atoms with Crippen molar-refractivity contribution in [3.8, 4) is 0 Å². The molecule has 0 atom stereocenters. The van der Waals surface area contributed by atoms with Crippen LogP contribution in [-0.2, 0) is 16.3 Å². The molecule has 0 nitrogen and oxygen atoms in total. The number of rotatable bonds is 2. The van der Waals surface area contributed by atoms with Crippen LogP contribution in [0.1, 0.15) is 0 Å². The molecular weight excluding hydrogens is 291 g/mol. The fraction of sp³-hybridized carbons (Fsp3) is 0. The summed E-state index contributed by atoms with van der Waals surface area (Å²) in [6, 6.07) is 30.7. The van der Waals surface area contributed by atoms with Gasteiger partial charge in [-0.15, -0.1) is 0 Å². The molecule has 0 heterocycles. The summed E-state index contributed by atoms with van der Waals surface area (Å²) in [4.78, 5) is 0. The summed E-state index contributed by atoms with van der Waals surface area (Å²) >= 11 is -0.00572. The van der Waals surface area contributed by atoms with Crippen LogP contribution in [0.4, 0.5) is 0 Å². The van der Waals surface area contributed by atoms with E-state index in [1.807, 2.05) is 0 Å². The molecule has 0 spiro atoms. The Kier molecular flexibility index (Phi) is 3.27. The van der Waals surface area contributed by atoms with Crippen LogP contribution in [0.2, 0.25) is 0 Å². The summed E-state index contributed by atoms with van der Waals surface area (Å²) < 4.78 is 2.97. The van der Waals surface area contributed by atoms with Crippen LogP contribution in [0.25, 0.3) is 21.5 Å². The van der Waals surface area contributed by atoms with Crippen molar-refractivity contribution < 1.29 is 16.3 Å². The molecule has 0 aliphatic rings. The van der Waals surface area contributed by atoms with Gasteiger partial charge in [0.2, 0.25) is 0 Å². The Labute approximate surface area is 131 Å². The molecule has 0 amide bonds. The predicted octanol–water partition coefficient (Wildman–Crippen LogP) is 4.03. The Hall–Kier alpha value is -2.02. The summed E-state index contributed by atoms with van der Waals surface area (Å²) in [7, 11) is 0. The normalized spacial score (nSPS) is 10.9. The van der Waals surface area contributed by atoms with E-state index in [0.717, 1.165) is 0 Å². The minimum atomic E-state index is -0.00572. The average Bonchev–Trinajstić information content (AvgIpc) is 2.56. The fourth-order valence-electron chi connectivity index (χ4n) is 2.74. The molecule has 0 bridgehead atoms. The first-order valence-electron chi connectivity index (χ1n) is 7.09. The van der Waals surface area contributed by atoms with Crippen molar-refractivity contribution in [2.75, 3.05) is 0 Å². The summed E-state index contributed by atoms with van der Waals surface area (Å²) in [5.41, 5.74) is 0. The summed E-state index contributed by atoms with van der Waals surface area (Å²) in [6.45, 7) is 0. The second-order valence-electron chi connectivity index (χ2n) is 5.11. The standard InChI is InChI=1S/2C10H7.V/c2*1-2-6-10-8-4-3-7-9(10)5-1;/h2*1-7H;. The van der Waals surface area contributed by atoms with Crippen LogP contribution in [-0.4, -0.2) is 0 Å². The van der Waals surface area contributed by atoms with Crippen LogP contribution >= 0.6 is 0 Å². The van der Waals surface area contributed by atoms with Crippen LogP contribution in [0, 0.1) is 0 Å². The number of fused-ring (bicyclic) bond motifs is 2. The van der Waals surface area contributed by atoms with Gasteiger partial charge in [0.25, 0.3) is 0 Å². The summed E-state index contributed by atoms with van der Waals surface area (Å²) in [5, 5.41) is 5.47. The van der Waals surface area contributed by atoms with Crippen molar-refractivity contribution in [1.29, 1.82) is 0 Å². The molecule has 4 aromatic carbocycles. The van der Waals surface area contributed by atoms with Gasteiger partial charge >= 0.3 is 131 Å². The molecule has 0 fully saturated rings. The van der Waals surface area contributed by atoms with E-state index in [1.54, 1.807) is 0 Å². The predicted molar refractivity (Wildman–Crippen MR) is 87.2 cm³/mol. The Morgan fingerprint density at radius 1 is 0.429 bits per heavy atom. The molecule has 99 valence electrons. The van der Waals surface area contributed by atoms with Gasteiger partial charge in [-0.2, -0.15) is 0 Å².